The third-order valence-corrected chi connectivity index (χ3v) is 4.74. The molecule has 1 amide bonds. The fraction of sp³-hybridized carbons (Fsp3) is 0.136. The molecule has 0 aliphatic carbocycles. The molecule has 4 rings (SSSR count). The predicted octanol–water partition coefficient (Wildman–Crippen LogP) is 3.90. The summed E-state index contributed by atoms with van der Waals surface area (Å²) in [5.41, 5.74) is 3.78. The maximum absolute atomic E-state index is 12.8. The normalized spacial score (nSPS) is 10.7. The van der Waals surface area contributed by atoms with E-state index in [0.29, 0.717) is 22.8 Å². The minimum atomic E-state index is -0.287. The zero-order valence-corrected chi connectivity index (χ0v) is 16.3. The number of aryl methyl sites for hydroxylation is 1. The van der Waals surface area contributed by atoms with Crippen LogP contribution in [0, 0.1) is 0 Å². The van der Waals surface area contributed by atoms with Gasteiger partial charge in [-0.05, 0) is 35.9 Å². The lowest BCUT2D eigenvalue weighted by atomic mass is 10.1. The fourth-order valence-corrected chi connectivity index (χ4v) is 3.14. The molecule has 0 radical (unpaired) electrons. The number of hydrogen-bond donors (Lipinski definition) is 1. The van der Waals surface area contributed by atoms with Crippen molar-refractivity contribution in [2.24, 2.45) is 7.05 Å². The van der Waals surface area contributed by atoms with Crippen molar-refractivity contribution in [1.29, 1.82) is 0 Å². The molecule has 0 fully saturated rings. The number of nitrogens with one attached hydrogen (secondary N) is 1. The van der Waals surface area contributed by atoms with Crippen molar-refractivity contribution in [3.63, 3.8) is 0 Å². The number of carbonyl (C=O) groups excluding carboxylic acids is 1. The first-order valence-electron chi connectivity index (χ1n) is 9.01. The fourth-order valence-electron chi connectivity index (χ4n) is 3.14. The first kappa shape index (κ1) is 18.5. The highest BCUT2D eigenvalue weighted by molar-refractivity contribution is 6.04. The molecule has 0 unspecified atom stereocenters. The van der Waals surface area contributed by atoms with Gasteiger partial charge in [0.15, 0.2) is 0 Å². The van der Waals surface area contributed by atoms with Gasteiger partial charge in [0.1, 0.15) is 17.0 Å². The van der Waals surface area contributed by atoms with Gasteiger partial charge in [-0.15, -0.1) is 0 Å². The number of amides is 1. The topological polar surface area (TPSA) is 78.3 Å². The largest absolute Gasteiger partial charge is 0.497 e. The van der Waals surface area contributed by atoms with Gasteiger partial charge in [0.05, 0.1) is 25.3 Å². The maximum atomic E-state index is 12.8. The van der Waals surface area contributed by atoms with E-state index in [1.807, 2.05) is 54.1 Å². The molecule has 0 atom stereocenters. The van der Waals surface area contributed by atoms with Gasteiger partial charge in [-0.2, -0.15) is 0 Å². The Kier molecular flexibility index (Phi) is 4.87. The highest BCUT2D eigenvalue weighted by Gasteiger charge is 2.15. The molecule has 2 aromatic carbocycles. The van der Waals surface area contributed by atoms with Gasteiger partial charge in [0.25, 0.3) is 5.91 Å². The Balaban J connectivity index is 1.62. The Labute approximate surface area is 167 Å². The number of para-hydroxylation sites is 1. The van der Waals surface area contributed by atoms with Crippen molar-refractivity contribution in [1.82, 2.24) is 14.5 Å². The van der Waals surface area contributed by atoms with E-state index in [-0.39, 0.29) is 5.91 Å². The molecule has 0 saturated carbocycles. The van der Waals surface area contributed by atoms with E-state index in [0.717, 1.165) is 22.4 Å². The van der Waals surface area contributed by atoms with Gasteiger partial charge >= 0.3 is 0 Å². The van der Waals surface area contributed by atoms with Crippen LogP contribution in [0.4, 0.5) is 5.95 Å². The number of imidazole rings is 1. The molecule has 2 aromatic heterocycles. The first-order chi connectivity index (χ1) is 14.1. The van der Waals surface area contributed by atoms with E-state index in [9.17, 15) is 4.79 Å². The second kappa shape index (κ2) is 7.63. The molecule has 0 saturated heterocycles. The van der Waals surface area contributed by atoms with Crippen molar-refractivity contribution in [3.8, 4) is 22.6 Å². The summed E-state index contributed by atoms with van der Waals surface area (Å²) < 4.78 is 12.4. The lowest BCUT2D eigenvalue weighted by molar-refractivity contribution is 0.102. The monoisotopic (exact) mass is 388 g/mol. The molecular formula is C22H20N4O3. The summed E-state index contributed by atoms with van der Waals surface area (Å²) in [6.45, 7) is 0. The zero-order valence-electron chi connectivity index (χ0n) is 16.3. The van der Waals surface area contributed by atoms with Gasteiger partial charge in [0.2, 0.25) is 5.95 Å². The Morgan fingerprint density at radius 1 is 1.00 bits per heavy atom. The Hall–Kier alpha value is -3.87. The predicted molar refractivity (Wildman–Crippen MR) is 111 cm³/mol. The Morgan fingerprint density at radius 3 is 2.52 bits per heavy atom. The Bertz CT molecular complexity index is 1180. The summed E-state index contributed by atoms with van der Waals surface area (Å²) in [5.74, 6) is 1.57. The number of ether oxygens (including phenoxy) is 2. The molecular weight excluding hydrogens is 368 g/mol. The van der Waals surface area contributed by atoms with E-state index >= 15 is 0 Å². The van der Waals surface area contributed by atoms with Crippen LogP contribution in [0.15, 0.2) is 60.9 Å². The number of aromatic nitrogens is 3. The lowest BCUT2D eigenvalue weighted by Gasteiger charge is -2.07. The van der Waals surface area contributed by atoms with Gasteiger partial charge in [-0.25, -0.2) is 4.98 Å². The average molecular weight is 388 g/mol. The highest BCUT2D eigenvalue weighted by Crippen LogP contribution is 2.27. The second-order valence-corrected chi connectivity index (χ2v) is 6.47. The molecule has 4 aromatic rings. The van der Waals surface area contributed by atoms with Crippen molar-refractivity contribution < 1.29 is 14.3 Å². The molecule has 146 valence electrons. The van der Waals surface area contributed by atoms with Crippen LogP contribution in [0.3, 0.4) is 0 Å². The molecule has 7 nitrogen and oxygen atoms in total. The minimum absolute atomic E-state index is 0.287. The van der Waals surface area contributed by atoms with E-state index in [1.54, 1.807) is 26.5 Å². The number of fused-ring (bicyclic) bond motifs is 1. The van der Waals surface area contributed by atoms with Gasteiger partial charge in [0, 0.05) is 25.0 Å². The summed E-state index contributed by atoms with van der Waals surface area (Å²) in [6, 6.07) is 15.0. The number of pyridine rings is 1. The number of methoxy groups -OCH3 is 2. The third-order valence-electron chi connectivity index (χ3n) is 4.74. The molecule has 0 spiro atoms. The van der Waals surface area contributed by atoms with Crippen LogP contribution in [0.5, 0.6) is 11.5 Å². The number of carbonyl (C=O) groups is 1. The van der Waals surface area contributed by atoms with Crippen LogP contribution in [0.25, 0.3) is 22.2 Å². The number of anilines is 1. The second-order valence-electron chi connectivity index (χ2n) is 6.47. The molecule has 1 N–H and O–H groups in total. The van der Waals surface area contributed by atoms with Crippen LogP contribution >= 0.6 is 0 Å². The molecule has 7 heteroatoms. The highest BCUT2D eigenvalue weighted by atomic mass is 16.5. The van der Waals surface area contributed by atoms with Crippen LogP contribution in [0.1, 0.15) is 10.4 Å². The summed E-state index contributed by atoms with van der Waals surface area (Å²) >= 11 is 0. The number of hydrogen-bond acceptors (Lipinski definition) is 5. The maximum Gasteiger partial charge on any atom is 0.259 e. The van der Waals surface area contributed by atoms with Crippen LogP contribution < -0.4 is 14.8 Å². The molecule has 29 heavy (non-hydrogen) atoms. The zero-order chi connectivity index (χ0) is 20.4. The van der Waals surface area contributed by atoms with Gasteiger partial charge < -0.3 is 14.0 Å². The van der Waals surface area contributed by atoms with Crippen molar-refractivity contribution in [3.05, 3.63) is 66.5 Å². The van der Waals surface area contributed by atoms with Crippen molar-refractivity contribution in [2.75, 3.05) is 19.5 Å². The SMILES string of the molecule is COc1ccc(-c2cncc(C(=O)Nc3nc4c(OC)cccc4n3C)c2)cc1. The summed E-state index contributed by atoms with van der Waals surface area (Å²) in [6.07, 6.45) is 3.25. The smallest absolute Gasteiger partial charge is 0.259 e. The third kappa shape index (κ3) is 3.50. The first-order valence-corrected chi connectivity index (χ1v) is 9.01. The summed E-state index contributed by atoms with van der Waals surface area (Å²) in [7, 11) is 5.06. The lowest BCUT2D eigenvalue weighted by Crippen LogP contribution is -2.15. The molecule has 2 heterocycles. The number of benzene rings is 2. The van der Waals surface area contributed by atoms with E-state index in [1.165, 1.54) is 6.20 Å². The molecule has 0 aliphatic heterocycles. The Morgan fingerprint density at radius 2 is 1.79 bits per heavy atom. The van der Waals surface area contributed by atoms with Crippen LogP contribution in [0.2, 0.25) is 0 Å². The van der Waals surface area contributed by atoms with Gasteiger partial charge in [-0.3, -0.25) is 15.1 Å². The van der Waals surface area contributed by atoms with Crippen molar-refractivity contribution in [2.45, 2.75) is 0 Å². The summed E-state index contributed by atoms with van der Waals surface area (Å²) in [4.78, 5) is 21.6. The quantitative estimate of drug-likeness (QED) is 0.561. The van der Waals surface area contributed by atoms with Gasteiger partial charge in [-0.1, -0.05) is 18.2 Å². The van der Waals surface area contributed by atoms with Crippen LogP contribution in [-0.2, 0) is 7.05 Å². The van der Waals surface area contributed by atoms with E-state index in [2.05, 4.69) is 15.3 Å². The number of rotatable bonds is 5. The minimum Gasteiger partial charge on any atom is -0.497 e. The molecule has 0 bridgehead atoms. The van der Waals surface area contributed by atoms with Crippen molar-refractivity contribution >= 4 is 22.9 Å². The molecule has 0 aliphatic rings. The van der Waals surface area contributed by atoms with E-state index in [4.69, 9.17) is 9.47 Å². The van der Waals surface area contributed by atoms with E-state index < -0.39 is 0 Å². The van der Waals surface area contributed by atoms with Crippen LogP contribution in [-0.4, -0.2) is 34.7 Å². The average Bonchev–Trinajstić information content (AvgIpc) is 3.09. The number of nitrogens with zero attached hydrogens (tertiary/aromatic N) is 3. The standard InChI is InChI=1S/C22H20N4O3/c1-26-18-5-4-6-19(29-3)20(18)24-22(26)25-21(27)16-11-15(12-23-13-16)14-7-9-17(28-2)10-8-14/h4-13H,1-3H3,(H,24,25,27). The summed E-state index contributed by atoms with van der Waals surface area (Å²) in [5, 5.41) is 2.86.